The van der Waals surface area contributed by atoms with Gasteiger partial charge in [0.05, 0.1) is 18.9 Å². The second-order valence-electron chi connectivity index (χ2n) is 4.46. The first-order valence-corrected chi connectivity index (χ1v) is 6.54. The number of imidazole rings is 1. The van der Waals surface area contributed by atoms with Crippen LogP contribution in [0.25, 0.3) is 0 Å². The second kappa shape index (κ2) is 10.8. The fourth-order valence-electron chi connectivity index (χ4n) is 1.75. The van der Waals surface area contributed by atoms with Gasteiger partial charge in [-0.15, -0.1) is 24.8 Å². The van der Waals surface area contributed by atoms with E-state index in [-0.39, 0.29) is 49.6 Å². The zero-order valence-corrected chi connectivity index (χ0v) is 13.8. The lowest BCUT2D eigenvalue weighted by Crippen LogP contribution is -2.43. The molecular weight excluding hydrogens is 346 g/mol. The van der Waals surface area contributed by atoms with Gasteiger partial charge in [-0.3, -0.25) is 4.79 Å². The SMILES string of the molecule is Cl.Cl.N[C@@H](Cc1cnc[nH]1)C(=O)NCCOc1ccccc1F. The molecule has 0 saturated carbocycles. The Kier molecular flexibility index (Phi) is 9.96. The van der Waals surface area contributed by atoms with Crippen LogP contribution in [0.3, 0.4) is 0 Å². The molecule has 0 unspecified atom stereocenters. The molecule has 6 nitrogen and oxygen atoms in total. The minimum Gasteiger partial charge on any atom is -0.489 e. The van der Waals surface area contributed by atoms with E-state index in [0.29, 0.717) is 6.42 Å². The molecule has 4 N–H and O–H groups in total. The monoisotopic (exact) mass is 364 g/mol. The molecule has 0 bridgehead atoms. The van der Waals surface area contributed by atoms with Crippen LogP contribution in [-0.4, -0.2) is 35.1 Å². The molecule has 1 amide bonds. The average molecular weight is 365 g/mol. The predicted octanol–water partition coefficient (Wildman–Crippen LogP) is 1.46. The van der Waals surface area contributed by atoms with Gasteiger partial charge in [-0.2, -0.15) is 0 Å². The summed E-state index contributed by atoms with van der Waals surface area (Å²) >= 11 is 0. The van der Waals surface area contributed by atoms with Crippen molar-refractivity contribution in [1.29, 1.82) is 0 Å². The number of nitrogens with zero attached hydrogens (tertiary/aromatic N) is 1. The van der Waals surface area contributed by atoms with Crippen LogP contribution in [0.2, 0.25) is 0 Å². The smallest absolute Gasteiger partial charge is 0.237 e. The van der Waals surface area contributed by atoms with Crippen molar-refractivity contribution in [2.45, 2.75) is 12.5 Å². The molecule has 0 aliphatic carbocycles. The number of benzene rings is 1. The predicted molar refractivity (Wildman–Crippen MR) is 89.7 cm³/mol. The summed E-state index contributed by atoms with van der Waals surface area (Å²) in [5.74, 6) is -0.560. The first-order chi connectivity index (χ1) is 10.2. The molecule has 0 spiro atoms. The van der Waals surface area contributed by atoms with E-state index in [1.807, 2.05) is 0 Å². The Morgan fingerprint density at radius 2 is 2.13 bits per heavy atom. The maximum atomic E-state index is 13.3. The van der Waals surface area contributed by atoms with Crippen molar-refractivity contribution < 1.29 is 13.9 Å². The number of aromatic amines is 1. The number of halogens is 3. The molecular formula is C14H19Cl2FN4O2. The molecule has 0 fully saturated rings. The molecule has 0 aliphatic rings. The number of rotatable bonds is 7. The number of hydrogen-bond acceptors (Lipinski definition) is 4. The number of H-pyrrole nitrogens is 1. The molecule has 128 valence electrons. The Hall–Kier alpha value is -1.83. The van der Waals surface area contributed by atoms with E-state index >= 15 is 0 Å². The topological polar surface area (TPSA) is 93.0 Å². The molecule has 1 atom stereocenters. The van der Waals surface area contributed by atoms with Gasteiger partial charge in [0.1, 0.15) is 6.61 Å². The normalized spacial score (nSPS) is 10.9. The van der Waals surface area contributed by atoms with Gasteiger partial charge >= 0.3 is 0 Å². The highest BCUT2D eigenvalue weighted by molar-refractivity contribution is 5.85. The maximum Gasteiger partial charge on any atom is 0.237 e. The highest BCUT2D eigenvalue weighted by Crippen LogP contribution is 2.14. The van der Waals surface area contributed by atoms with E-state index in [9.17, 15) is 9.18 Å². The Bertz CT molecular complexity index is 584. The van der Waals surface area contributed by atoms with E-state index in [2.05, 4.69) is 15.3 Å². The highest BCUT2D eigenvalue weighted by Gasteiger charge is 2.14. The number of nitrogens with one attached hydrogen (secondary N) is 2. The van der Waals surface area contributed by atoms with Crippen LogP contribution in [0.4, 0.5) is 4.39 Å². The summed E-state index contributed by atoms with van der Waals surface area (Å²) in [7, 11) is 0. The average Bonchev–Trinajstić information content (AvgIpc) is 2.98. The maximum absolute atomic E-state index is 13.3. The van der Waals surface area contributed by atoms with Crippen LogP contribution in [0.5, 0.6) is 5.75 Å². The van der Waals surface area contributed by atoms with Gasteiger partial charge in [-0.25, -0.2) is 9.37 Å². The van der Waals surface area contributed by atoms with Gasteiger partial charge < -0.3 is 20.8 Å². The van der Waals surface area contributed by atoms with Crippen molar-refractivity contribution in [2.75, 3.05) is 13.2 Å². The molecule has 1 aromatic carbocycles. The quantitative estimate of drug-likeness (QED) is 0.648. The molecule has 0 aliphatic heterocycles. The minimum atomic E-state index is -0.668. The zero-order valence-electron chi connectivity index (χ0n) is 12.2. The van der Waals surface area contributed by atoms with Gasteiger partial charge in [-0.05, 0) is 12.1 Å². The fourth-order valence-corrected chi connectivity index (χ4v) is 1.75. The van der Waals surface area contributed by atoms with Crippen molar-refractivity contribution in [3.63, 3.8) is 0 Å². The summed E-state index contributed by atoms with van der Waals surface area (Å²) in [5.41, 5.74) is 6.56. The Balaban J connectivity index is 0.00000242. The summed E-state index contributed by atoms with van der Waals surface area (Å²) in [6, 6.07) is 5.43. The second-order valence-corrected chi connectivity index (χ2v) is 4.46. The molecule has 0 saturated heterocycles. The Morgan fingerprint density at radius 3 is 2.78 bits per heavy atom. The molecule has 0 radical (unpaired) electrons. The van der Waals surface area contributed by atoms with Gasteiger partial charge in [0.2, 0.25) is 5.91 Å². The standard InChI is InChI=1S/C14H17FN4O2.2ClH/c15-11-3-1-2-4-13(11)21-6-5-18-14(20)12(16)7-10-8-17-9-19-10;;/h1-4,8-9,12H,5-7,16H2,(H,17,19)(H,18,20);2*1H/t12-;;/m0../s1. The van der Waals surface area contributed by atoms with Crippen LogP contribution in [0.15, 0.2) is 36.8 Å². The van der Waals surface area contributed by atoms with E-state index in [0.717, 1.165) is 5.69 Å². The third kappa shape index (κ3) is 6.85. The molecule has 1 aromatic heterocycles. The van der Waals surface area contributed by atoms with E-state index in [1.165, 1.54) is 18.5 Å². The van der Waals surface area contributed by atoms with Crippen LogP contribution in [-0.2, 0) is 11.2 Å². The molecule has 2 rings (SSSR count). The number of nitrogens with two attached hydrogens (primary N) is 1. The first-order valence-electron chi connectivity index (χ1n) is 6.54. The number of carbonyl (C=O) groups excluding carboxylic acids is 1. The van der Waals surface area contributed by atoms with Crippen molar-refractivity contribution in [1.82, 2.24) is 15.3 Å². The number of hydrogen-bond donors (Lipinski definition) is 3. The van der Waals surface area contributed by atoms with Crippen LogP contribution < -0.4 is 15.8 Å². The van der Waals surface area contributed by atoms with Crippen LogP contribution in [0.1, 0.15) is 5.69 Å². The molecule has 2 aromatic rings. The summed E-state index contributed by atoms with van der Waals surface area (Å²) in [5, 5.41) is 2.64. The third-order valence-electron chi connectivity index (χ3n) is 2.83. The van der Waals surface area contributed by atoms with Crippen molar-refractivity contribution in [3.05, 3.63) is 48.3 Å². The lowest BCUT2D eigenvalue weighted by molar-refractivity contribution is -0.122. The molecule has 9 heteroatoms. The lowest BCUT2D eigenvalue weighted by Gasteiger charge is -2.12. The number of ether oxygens (including phenoxy) is 1. The Labute approximate surface area is 145 Å². The summed E-state index contributed by atoms with van der Waals surface area (Å²) in [6.07, 6.45) is 3.52. The summed E-state index contributed by atoms with van der Waals surface area (Å²) in [6.45, 7) is 0.424. The van der Waals surface area contributed by atoms with E-state index in [4.69, 9.17) is 10.5 Å². The number of para-hydroxylation sites is 1. The van der Waals surface area contributed by atoms with Gasteiger partial charge in [-0.1, -0.05) is 12.1 Å². The van der Waals surface area contributed by atoms with E-state index < -0.39 is 11.9 Å². The number of aromatic nitrogens is 2. The largest absolute Gasteiger partial charge is 0.489 e. The van der Waals surface area contributed by atoms with Crippen LogP contribution in [0, 0.1) is 5.82 Å². The van der Waals surface area contributed by atoms with Gasteiger partial charge in [0.15, 0.2) is 11.6 Å². The lowest BCUT2D eigenvalue weighted by atomic mass is 10.1. The Morgan fingerprint density at radius 1 is 1.39 bits per heavy atom. The van der Waals surface area contributed by atoms with Crippen molar-refractivity contribution in [3.8, 4) is 5.75 Å². The molecule has 23 heavy (non-hydrogen) atoms. The summed E-state index contributed by atoms with van der Waals surface area (Å²) in [4.78, 5) is 18.5. The summed E-state index contributed by atoms with van der Waals surface area (Å²) < 4.78 is 18.5. The van der Waals surface area contributed by atoms with Crippen molar-refractivity contribution >= 4 is 30.7 Å². The van der Waals surface area contributed by atoms with Crippen molar-refractivity contribution in [2.24, 2.45) is 5.73 Å². The van der Waals surface area contributed by atoms with Gasteiger partial charge in [0.25, 0.3) is 0 Å². The highest BCUT2D eigenvalue weighted by atomic mass is 35.5. The zero-order chi connectivity index (χ0) is 15.1. The van der Waals surface area contributed by atoms with E-state index in [1.54, 1.807) is 18.3 Å². The van der Waals surface area contributed by atoms with Crippen LogP contribution >= 0.6 is 24.8 Å². The fraction of sp³-hybridized carbons (Fsp3) is 0.286. The first kappa shape index (κ1) is 21.2. The number of carbonyl (C=O) groups is 1. The minimum absolute atomic E-state index is 0. The molecule has 1 heterocycles. The van der Waals surface area contributed by atoms with Gasteiger partial charge in [0, 0.05) is 18.3 Å². The third-order valence-corrected chi connectivity index (χ3v) is 2.83. The number of amides is 1.